The molecule has 5 rings (SSSR count). The quantitative estimate of drug-likeness (QED) is 0.185. The number of nitrogens with zero attached hydrogens (tertiary/aromatic N) is 3. The number of carbonyl (C=O) groups excluding carboxylic acids is 1. The molecule has 0 bridgehead atoms. The Balaban J connectivity index is 1.48. The van der Waals surface area contributed by atoms with Gasteiger partial charge in [-0.1, -0.05) is 55.8 Å². The Bertz CT molecular complexity index is 1630. The van der Waals surface area contributed by atoms with Gasteiger partial charge in [0.05, 0.1) is 0 Å². The number of furan rings is 1. The van der Waals surface area contributed by atoms with Crippen LogP contribution in [0.25, 0.3) is 33.7 Å². The first-order valence-corrected chi connectivity index (χ1v) is 12.4. The van der Waals surface area contributed by atoms with Crippen LogP contribution in [0.5, 0.6) is 0 Å². The van der Waals surface area contributed by atoms with Crippen molar-refractivity contribution in [1.82, 2.24) is 14.7 Å². The summed E-state index contributed by atoms with van der Waals surface area (Å²) in [6.07, 6.45) is 7.28. The van der Waals surface area contributed by atoms with Crippen molar-refractivity contribution in [1.29, 1.82) is 0 Å². The fourth-order valence-corrected chi connectivity index (χ4v) is 4.75. The number of aromatic nitrogens is 2. The third kappa shape index (κ3) is 4.44. The van der Waals surface area contributed by atoms with Gasteiger partial charge in [0.15, 0.2) is 5.58 Å². The van der Waals surface area contributed by atoms with Crippen molar-refractivity contribution in [3.63, 3.8) is 0 Å². The molecule has 0 fully saturated rings. The second-order valence-electron chi connectivity index (χ2n) is 9.82. The van der Waals surface area contributed by atoms with Gasteiger partial charge in [-0.2, -0.15) is 5.10 Å². The van der Waals surface area contributed by atoms with Gasteiger partial charge < -0.3 is 9.32 Å². The number of hydrogen-bond donors (Lipinski definition) is 0. The van der Waals surface area contributed by atoms with E-state index in [1.165, 1.54) is 0 Å². The number of aryl methyl sites for hydroxylation is 1. The largest absolute Gasteiger partial charge is 0.452 e. The fourth-order valence-electron chi connectivity index (χ4n) is 4.75. The summed E-state index contributed by atoms with van der Waals surface area (Å²) >= 11 is 0. The van der Waals surface area contributed by atoms with Gasteiger partial charge in [0.2, 0.25) is 0 Å². The molecule has 0 aliphatic heterocycles. The highest BCUT2D eigenvalue weighted by Crippen LogP contribution is 2.44. The molecule has 1 aliphatic rings. The van der Waals surface area contributed by atoms with Crippen LogP contribution in [0.1, 0.15) is 29.8 Å². The van der Waals surface area contributed by atoms with Crippen LogP contribution >= 0.6 is 0 Å². The Labute approximate surface area is 221 Å². The summed E-state index contributed by atoms with van der Waals surface area (Å²) in [5, 5.41) is 4.58. The van der Waals surface area contributed by atoms with Crippen LogP contribution in [0.2, 0.25) is 0 Å². The average molecular weight is 506 g/mol. The summed E-state index contributed by atoms with van der Waals surface area (Å²) in [5.41, 5.74) is 7.23. The smallest absolute Gasteiger partial charge is 0.254 e. The molecule has 4 aromatic rings. The molecule has 38 heavy (non-hydrogen) atoms. The fraction of sp³-hybridized carbons (Fsp3) is 0.188. The van der Waals surface area contributed by atoms with Crippen LogP contribution in [-0.4, -0.2) is 33.7 Å². The van der Waals surface area contributed by atoms with Crippen LogP contribution in [0.15, 0.2) is 89.1 Å². The number of allylic oxidation sites excluding steroid dienone is 2. The van der Waals surface area contributed by atoms with Crippen LogP contribution in [0.3, 0.4) is 0 Å². The highest BCUT2D eigenvalue weighted by atomic mass is 19.1. The maximum atomic E-state index is 15.9. The van der Waals surface area contributed by atoms with E-state index in [0.29, 0.717) is 52.3 Å². The molecule has 5 nitrogen and oxygen atoms in total. The zero-order valence-electron chi connectivity index (χ0n) is 21.7. The van der Waals surface area contributed by atoms with Gasteiger partial charge in [0.1, 0.15) is 22.8 Å². The van der Waals surface area contributed by atoms with E-state index in [-0.39, 0.29) is 11.7 Å². The third-order valence-corrected chi connectivity index (χ3v) is 6.97. The molecule has 2 radical (unpaired) electrons. The Morgan fingerprint density at radius 3 is 2.63 bits per heavy atom. The molecule has 0 saturated carbocycles. The minimum atomic E-state index is -0.425. The summed E-state index contributed by atoms with van der Waals surface area (Å²) in [6.45, 7) is 13.8. The Hall–Kier alpha value is -4.41. The monoisotopic (exact) mass is 505 g/mol. The van der Waals surface area contributed by atoms with E-state index in [0.717, 1.165) is 11.1 Å². The minimum Gasteiger partial charge on any atom is -0.452 e. The first kappa shape index (κ1) is 25.2. The van der Waals surface area contributed by atoms with Crippen molar-refractivity contribution in [2.75, 3.05) is 13.1 Å². The number of hydrogen-bond acceptors (Lipinski definition) is 3. The normalized spacial score (nSPS) is 12.7. The van der Waals surface area contributed by atoms with Crippen LogP contribution in [0.4, 0.5) is 4.39 Å². The third-order valence-electron chi connectivity index (χ3n) is 6.97. The summed E-state index contributed by atoms with van der Waals surface area (Å²) in [4.78, 5) is 14.5. The molecule has 190 valence electrons. The lowest BCUT2D eigenvalue weighted by Gasteiger charge is -2.24. The Kier molecular flexibility index (Phi) is 6.52. The van der Waals surface area contributed by atoms with E-state index < -0.39 is 5.41 Å². The standard InChI is InChI=1S/C32H28FN3O2/c1-6-8-19-36(18-7-2)31(37)22-14-12-21(13-15-22)27-20-26-30(38-27)29(35(5)34-26)24-10-9-11-25(28(24)33)32(3,4)23-16-17-23/h1,7-17,20H,2,18-19H2,3-5H3. The van der Waals surface area contributed by atoms with Crippen molar-refractivity contribution < 1.29 is 13.6 Å². The van der Waals surface area contributed by atoms with Crippen molar-refractivity contribution in [2.45, 2.75) is 19.3 Å². The zero-order chi connectivity index (χ0) is 27.0. The lowest BCUT2D eigenvalue weighted by Crippen LogP contribution is -2.31. The number of halogens is 1. The maximum absolute atomic E-state index is 15.9. The predicted octanol–water partition coefficient (Wildman–Crippen LogP) is 6.83. The molecule has 1 aliphatic carbocycles. The molecule has 0 saturated heterocycles. The topological polar surface area (TPSA) is 51.3 Å². The maximum Gasteiger partial charge on any atom is 0.254 e. The first-order chi connectivity index (χ1) is 18.3. The van der Waals surface area contributed by atoms with Gasteiger partial charge in [-0.15, -0.1) is 12.3 Å². The number of amides is 1. The lowest BCUT2D eigenvalue weighted by atomic mass is 9.80. The van der Waals surface area contributed by atoms with Gasteiger partial charge in [0, 0.05) is 54.7 Å². The van der Waals surface area contributed by atoms with E-state index in [4.69, 9.17) is 11.0 Å². The van der Waals surface area contributed by atoms with E-state index in [9.17, 15) is 4.79 Å². The first-order valence-electron chi connectivity index (χ1n) is 12.4. The van der Waals surface area contributed by atoms with Crippen molar-refractivity contribution in [2.24, 2.45) is 7.05 Å². The lowest BCUT2D eigenvalue weighted by molar-refractivity contribution is 0.0791. The molecular formula is C32H28FN3O2. The van der Waals surface area contributed by atoms with Crippen LogP contribution in [0, 0.1) is 18.8 Å². The van der Waals surface area contributed by atoms with Crippen molar-refractivity contribution in [3.8, 4) is 22.6 Å². The van der Waals surface area contributed by atoms with Crippen LogP contribution < -0.4 is 0 Å². The van der Waals surface area contributed by atoms with E-state index >= 15 is 4.39 Å². The SMILES string of the molecule is [CH]=C=CCN(CC=C)C(=O)c1ccc(-c2cc3nn(C)c(-c4cccc(C(C)(C)C5=C[CH]5)c4F)c3o2)cc1. The molecular weight excluding hydrogens is 477 g/mol. The molecule has 2 aromatic carbocycles. The van der Waals surface area contributed by atoms with Gasteiger partial charge in [-0.25, -0.2) is 4.39 Å². The average Bonchev–Trinajstić information content (AvgIpc) is 3.63. The number of benzene rings is 2. The van der Waals surface area contributed by atoms with Gasteiger partial charge in [-0.3, -0.25) is 9.48 Å². The second kappa shape index (κ2) is 9.81. The van der Waals surface area contributed by atoms with Gasteiger partial charge in [-0.05, 0) is 36.4 Å². The Morgan fingerprint density at radius 1 is 1.24 bits per heavy atom. The van der Waals surface area contributed by atoms with Gasteiger partial charge in [0.25, 0.3) is 5.91 Å². The summed E-state index contributed by atoms with van der Waals surface area (Å²) < 4.78 is 23.8. The van der Waals surface area contributed by atoms with Crippen molar-refractivity contribution in [3.05, 3.63) is 115 Å². The molecule has 6 heteroatoms. The minimum absolute atomic E-state index is 0.144. The van der Waals surface area contributed by atoms with E-state index in [2.05, 4.69) is 17.4 Å². The molecule has 2 heterocycles. The summed E-state index contributed by atoms with van der Waals surface area (Å²) in [5.74, 6) is 0.159. The molecule has 1 amide bonds. The molecule has 2 aromatic heterocycles. The van der Waals surface area contributed by atoms with Crippen molar-refractivity contribution >= 4 is 17.0 Å². The summed E-state index contributed by atoms with van der Waals surface area (Å²) in [7, 11) is 1.78. The van der Waals surface area contributed by atoms with Crippen LogP contribution in [-0.2, 0) is 12.5 Å². The highest BCUT2D eigenvalue weighted by molar-refractivity contribution is 5.95. The highest BCUT2D eigenvalue weighted by Gasteiger charge is 2.34. The predicted molar refractivity (Wildman–Crippen MR) is 148 cm³/mol. The molecule has 0 spiro atoms. The van der Waals surface area contributed by atoms with E-state index in [1.807, 2.05) is 56.7 Å². The zero-order valence-corrected chi connectivity index (χ0v) is 21.7. The second-order valence-corrected chi connectivity index (χ2v) is 9.82. The molecule has 0 unspecified atom stereocenters. The number of rotatable bonds is 9. The molecule has 0 N–H and O–H groups in total. The Morgan fingerprint density at radius 2 is 1.97 bits per heavy atom. The number of fused-ring (bicyclic) bond motifs is 1. The van der Waals surface area contributed by atoms with E-state index in [1.54, 1.807) is 47.0 Å². The van der Waals surface area contributed by atoms with Gasteiger partial charge >= 0.3 is 0 Å². The summed E-state index contributed by atoms with van der Waals surface area (Å²) in [6, 6.07) is 14.4. The molecule has 0 atom stereocenters. The number of carbonyl (C=O) groups is 1.